The Kier molecular flexibility index (Phi) is 6.89. The van der Waals surface area contributed by atoms with Crippen LogP contribution in [0.3, 0.4) is 0 Å². The summed E-state index contributed by atoms with van der Waals surface area (Å²) in [6, 6.07) is 0.367. The van der Waals surface area contributed by atoms with Gasteiger partial charge in [-0.3, -0.25) is 0 Å². The molecule has 0 bridgehead atoms. The van der Waals surface area contributed by atoms with Crippen molar-refractivity contribution in [2.24, 2.45) is 0 Å². The predicted molar refractivity (Wildman–Crippen MR) is 109 cm³/mol. The number of phenolic OH excluding ortho intramolecular Hbond substituents is 1. The maximum absolute atomic E-state index is 13.8. The quantitative estimate of drug-likeness (QED) is 0.443. The van der Waals surface area contributed by atoms with Crippen LogP contribution in [-0.2, 0) is 17.3 Å². The van der Waals surface area contributed by atoms with E-state index >= 15 is 0 Å². The zero-order valence-electron chi connectivity index (χ0n) is 19.3. The predicted octanol–water partition coefficient (Wildman–Crippen LogP) is 7.25. The molecule has 1 atom stereocenters. The lowest BCUT2D eigenvalue weighted by molar-refractivity contribution is -0.305. The standard InChI is InChI=1S/C23H29F8NO/c1-19(2,3)14-10-13(11-15(17(14)33)20(4,5)6)8-7-9-32-12-16(22(26,27)28)18(32)21(24,25)23(29,30)31/h10-12,18,33H,7-9H2,1-6H3. The molecule has 1 aromatic rings. The second-order valence-electron chi connectivity index (χ2n) is 10.5. The zero-order valence-corrected chi connectivity index (χ0v) is 19.3. The van der Waals surface area contributed by atoms with Crippen molar-refractivity contribution in [3.8, 4) is 5.75 Å². The molecule has 1 aliphatic heterocycles. The summed E-state index contributed by atoms with van der Waals surface area (Å²) in [5.41, 5.74) is -0.741. The molecule has 1 N–H and O–H groups in total. The summed E-state index contributed by atoms with van der Waals surface area (Å²) < 4.78 is 105. The van der Waals surface area contributed by atoms with Crippen molar-refractivity contribution in [1.82, 2.24) is 4.90 Å². The maximum atomic E-state index is 13.8. The van der Waals surface area contributed by atoms with E-state index < -0.39 is 47.3 Å². The zero-order chi connectivity index (χ0) is 25.8. The summed E-state index contributed by atoms with van der Waals surface area (Å²) in [6.45, 7) is 11.0. The average Bonchev–Trinajstić information content (AvgIpc) is 2.53. The van der Waals surface area contributed by atoms with Crippen LogP contribution in [0, 0.1) is 0 Å². The van der Waals surface area contributed by atoms with E-state index in [4.69, 9.17) is 0 Å². The fourth-order valence-electron chi connectivity index (χ4n) is 3.85. The first-order chi connectivity index (χ1) is 14.6. The number of nitrogens with zero attached hydrogens (tertiary/aromatic N) is 1. The van der Waals surface area contributed by atoms with E-state index in [-0.39, 0.29) is 18.6 Å². The Morgan fingerprint density at radius 3 is 1.64 bits per heavy atom. The number of hydrogen-bond acceptors (Lipinski definition) is 2. The van der Waals surface area contributed by atoms with E-state index in [9.17, 15) is 40.2 Å². The molecule has 0 radical (unpaired) electrons. The molecular formula is C23H29F8NO. The fourth-order valence-corrected chi connectivity index (χ4v) is 3.85. The smallest absolute Gasteiger partial charge is 0.455 e. The number of aromatic hydroxyl groups is 1. The second-order valence-corrected chi connectivity index (χ2v) is 10.5. The lowest BCUT2D eigenvalue weighted by Gasteiger charge is -2.45. The minimum Gasteiger partial charge on any atom is -0.507 e. The molecule has 2 nitrogen and oxygen atoms in total. The Hall–Kier alpha value is -2.00. The maximum Gasteiger partial charge on any atom is 0.455 e. The molecule has 10 heteroatoms. The SMILES string of the molecule is CC(C)(C)c1cc(CCCN2C=C(C(F)(F)F)C2C(F)(F)C(F)(F)F)cc(C(C)(C)C)c1O. The van der Waals surface area contributed by atoms with Gasteiger partial charge >= 0.3 is 18.3 Å². The normalized spacial score (nSPS) is 18.3. The van der Waals surface area contributed by atoms with Crippen LogP contribution in [0.15, 0.2) is 23.9 Å². The van der Waals surface area contributed by atoms with Crippen molar-refractivity contribution in [2.45, 2.75) is 89.5 Å². The Morgan fingerprint density at radius 2 is 1.27 bits per heavy atom. The van der Waals surface area contributed by atoms with Gasteiger partial charge in [0.05, 0.1) is 5.57 Å². The van der Waals surface area contributed by atoms with Crippen LogP contribution in [0.4, 0.5) is 35.1 Å². The lowest BCUT2D eigenvalue weighted by atomic mass is 9.78. The largest absolute Gasteiger partial charge is 0.507 e. The van der Waals surface area contributed by atoms with Gasteiger partial charge in [-0.15, -0.1) is 0 Å². The number of phenols is 1. The van der Waals surface area contributed by atoms with E-state index in [1.165, 1.54) is 0 Å². The average molecular weight is 487 g/mol. The van der Waals surface area contributed by atoms with E-state index in [0.717, 1.165) is 0 Å². The molecule has 188 valence electrons. The lowest BCUT2D eigenvalue weighted by Crippen LogP contribution is -2.61. The number of halogens is 8. The highest BCUT2D eigenvalue weighted by Crippen LogP contribution is 2.50. The second kappa shape index (κ2) is 8.34. The van der Waals surface area contributed by atoms with Crippen LogP contribution >= 0.6 is 0 Å². The van der Waals surface area contributed by atoms with E-state index in [0.29, 0.717) is 27.8 Å². The van der Waals surface area contributed by atoms with Crippen LogP contribution in [0.25, 0.3) is 0 Å². The number of aryl methyl sites for hydroxylation is 1. The third-order valence-electron chi connectivity index (χ3n) is 5.65. The van der Waals surface area contributed by atoms with Gasteiger partial charge in [0.15, 0.2) is 0 Å². The third-order valence-corrected chi connectivity index (χ3v) is 5.65. The van der Waals surface area contributed by atoms with Gasteiger partial charge in [-0.1, -0.05) is 53.7 Å². The number of benzene rings is 1. The Balaban J connectivity index is 2.28. The van der Waals surface area contributed by atoms with Gasteiger partial charge in [0, 0.05) is 12.7 Å². The molecule has 0 aromatic heterocycles. The summed E-state index contributed by atoms with van der Waals surface area (Å²) >= 11 is 0. The van der Waals surface area contributed by atoms with Crippen LogP contribution in [0.2, 0.25) is 0 Å². The third kappa shape index (κ3) is 5.57. The Labute approximate surface area is 188 Å². The molecule has 1 aromatic carbocycles. The number of hydrogen-bond donors (Lipinski definition) is 1. The van der Waals surface area contributed by atoms with Crippen molar-refractivity contribution in [3.63, 3.8) is 0 Å². The van der Waals surface area contributed by atoms with Crippen molar-refractivity contribution >= 4 is 0 Å². The van der Waals surface area contributed by atoms with Crippen molar-refractivity contribution in [3.05, 3.63) is 40.6 Å². The van der Waals surface area contributed by atoms with Gasteiger partial charge in [-0.05, 0) is 40.4 Å². The van der Waals surface area contributed by atoms with Gasteiger partial charge in [-0.2, -0.15) is 35.1 Å². The molecule has 2 rings (SSSR count). The molecular weight excluding hydrogens is 458 g/mol. The van der Waals surface area contributed by atoms with Crippen molar-refractivity contribution in [1.29, 1.82) is 0 Å². The highest BCUT2D eigenvalue weighted by atomic mass is 19.4. The number of alkyl halides is 8. The Morgan fingerprint density at radius 1 is 0.818 bits per heavy atom. The molecule has 0 spiro atoms. The molecule has 0 saturated heterocycles. The first-order valence-corrected chi connectivity index (χ1v) is 10.4. The van der Waals surface area contributed by atoms with Crippen LogP contribution in [0.1, 0.15) is 64.7 Å². The summed E-state index contributed by atoms with van der Waals surface area (Å²) in [7, 11) is 0. The molecule has 0 amide bonds. The van der Waals surface area contributed by atoms with Crippen LogP contribution in [-0.4, -0.2) is 40.9 Å². The topological polar surface area (TPSA) is 23.5 Å². The summed E-state index contributed by atoms with van der Waals surface area (Å²) in [5, 5.41) is 10.7. The van der Waals surface area contributed by atoms with Gasteiger partial charge in [0.1, 0.15) is 11.8 Å². The molecule has 33 heavy (non-hydrogen) atoms. The van der Waals surface area contributed by atoms with Gasteiger partial charge < -0.3 is 10.0 Å². The highest BCUT2D eigenvalue weighted by molar-refractivity contribution is 5.50. The molecule has 0 fully saturated rings. The van der Waals surface area contributed by atoms with Gasteiger partial charge in [0.25, 0.3) is 0 Å². The molecule has 1 unspecified atom stereocenters. The van der Waals surface area contributed by atoms with E-state index in [1.54, 1.807) is 12.1 Å². The van der Waals surface area contributed by atoms with Crippen molar-refractivity contribution < 1.29 is 40.2 Å². The minimum absolute atomic E-state index is 0.0457. The van der Waals surface area contributed by atoms with Crippen LogP contribution in [0.5, 0.6) is 5.75 Å². The van der Waals surface area contributed by atoms with Crippen molar-refractivity contribution in [2.75, 3.05) is 6.54 Å². The Bertz CT molecular complexity index is 866. The minimum atomic E-state index is -6.11. The summed E-state index contributed by atoms with van der Waals surface area (Å²) in [6.07, 6.45) is -10.8. The van der Waals surface area contributed by atoms with E-state index in [2.05, 4.69) is 0 Å². The fraction of sp³-hybridized carbons (Fsp3) is 0.652. The van der Waals surface area contributed by atoms with Gasteiger partial charge in [0.2, 0.25) is 0 Å². The van der Waals surface area contributed by atoms with E-state index in [1.807, 2.05) is 41.5 Å². The first-order valence-electron chi connectivity index (χ1n) is 10.4. The summed E-state index contributed by atoms with van der Waals surface area (Å²) in [4.78, 5) is 0.409. The highest BCUT2D eigenvalue weighted by Gasteiger charge is 2.69. The molecule has 0 aliphatic carbocycles. The summed E-state index contributed by atoms with van der Waals surface area (Å²) in [5.74, 6) is -5.41. The number of rotatable bonds is 5. The first kappa shape index (κ1) is 27.2. The molecule has 1 heterocycles. The monoisotopic (exact) mass is 487 g/mol. The van der Waals surface area contributed by atoms with Crippen LogP contribution < -0.4 is 0 Å². The van der Waals surface area contributed by atoms with Gasteiger partial charge in [-0.25, -0.2) is 0 Å². The molecule has 1 aliphatic rings. The molecule has 0 saturated carbocycles.